The highest BCUT2D eigenvalue weighted by atomic mass is 16.5. The quantitative estimate of drug-likeness (QED) is 0.725. The van der Waals surface area contributed by atoms with Crippen LogP contribution in [0.1, 0.15) is 38.3 Å². The Hall–Kier alpha value is -1.57. The molecule has 0 spiro atoms. The van der Waals surface area contributed by atoms with E-state index in [9.17, 15) is 4.79 Å². The largest absolute Gasteiger partial charge is 0.461 e. The van der Waals surface area contributed by atoms with Gasteiger partial charge in [-0.1, -0.05) is 44.2 Å². The lowest BCUT2D eigenvalue weighted by atomic mass is 10.1. The first-order valence-corrected chi connectivity index (χ1v) is 6.07. The number of aryl methyl sites for hydroxylation is 1. The van der Waals surface area contributed by atoms with Crippen molar-refractivity contribution in [3.05, 3.63) is 41.0 Å². The van der Waals surface area contributed by atoms with Crippen molar-refractivity contribution < 1.29 is 9.53 Å². The van der Waals surface area contributed by atoms with Crippen LogP contribution in [-0.4, -0.2) is 12.6 Å². The summed E-state index contributed by atoms with van der Waals surface area (Å²) in [5.74, 6) is -0.231. The zero-order chi connectivity index (χ0) is 12.7. The number of benzene rings is 1. The van der Waals surface area contributed by atoms with Gasteiger partial charge in [0.15, 0.2) is 0 Å². The van der Waals surface area contributed by atoms with Crippen LogP contribution >= 0.6 is 0 Å². The first-order valence-electron chi connectivity index (χ1n) is 6.07. The van der Waals surface area contributed by atoms with Crippen LogP contribution in [0.4, 0.5) is 0 Å². The van der Waals surface area contributed by atoms with Gasteiger partial charge in [-0.05, 0) is 29.5 Å². The molecule has 2 heteroatoms. The molecule has 0 saturated carbocycles. The van der Waals surface area contributed by atoms with Gasteiger partial charge in [0.25, 0.3) is 0 Å². The van der Waals surface area contributed by atoms with Crippen molar-refractivity contribution in [2.45, 2.75) is 33.6 Å². The fraction of sp³-hybridized carbons (Fsp3) is 0.400. The summed E-state index contributed by atoms with van der Waals surface area (Å²) < 4.78 is 5.00. The van der Waals surface area contributed by atoms with Crippen molar-refractivity contribution in [3.63, 3.8) is 0 Å². The highest BCUT2D eigenvalue weighted by molar-refractivity contribution is 5.66. The molecule has 0 bridgehead atoms. The first-order chi connectivity index (χ1) is 8.15. The van der Waals surface area contributed by atoms with Gasteiger partial charge in [0, 0.05) is 6.92 Å². The van der Waals surface area contributed by atoms with E-state index < -0.39 is 0 Å². The maximum atomic E-state index is 10.8. The van der Waals surface area contributed by atoms with E-state index >= 15 is 0 Å². The third-order valence-electron chi connectivity index (χ3n) is 2.67. The van der Waals surface area contributed by atoms with Gasteiger partial charge in [0.2, 0.25) is 0 Å². The SMILES string of the molecule is CC/C(=C\c1ccc(CC)cc1)COC(C)=O. The van der Waals surface area contributed by atoms with Gasteiger partial charge in [0.1, 0.15) is 6.61 Å². The lowest BCUT2D eigenvalue weighted by molar-refractivity contribution is -0.139. The summed E-state index contributed by atoms with van der Waals surface area (Å²) in [6.07, 6.45) is 4.03. The molecule has 0 unspecified atom stereocenters. The summed E-state index contributed by atoms with van der Waals surface area (Å²) in [6.45, 7) is 6.03. The predicted octanol–water partition coefficient (Wildman–Crippen LogP) is 3.61. The van der Waals surface area contributed by atoms with Crippen molar-refractivity contribution in [2.75, 3.05) is 6.61 Å². The summed E-state index contributed by atoms with van der Waals surface area (Å²) in [7, 11) is 0. The van der Waals surface area contributed by atoms with Crippen LogP contribution in [0.25, 0.3) is 6.08 Å². The number of esters is 1. The molecular formula is C15H20O2. The number of hydrogen-bond donors (Lipinski definition) is 0. The first kappa shape index (κ1) is 13.5. The average Bonchev–Trinajstić information content (AvgIpc) is 2.35. The number of carbonyl (C=O) groups is 1. The molecule has 0 aliphatic carbocycles. The molecule has 1 aromatic rings. The smallest absolute Gasteiger partial charge is 0.302 e. The molecule has 0 aliphatic rings. The van der Waals surface area contributed by atoms with Crippen LogP contribution in [0.3, 0.4) is 0 Å². The molecule has 1 rings (SSSR count). The van der Waals surface area contributed by atoms with E-state index in [0.29, 0.717) is 6.61 Å². The van der Waals surface area contributed by atoms with Crippen LogP contribution < -0.4 is 0 Å². The van der Waals surface area contributed by atoms with Gasteiger partial charge in [-0.2, -0.15) is 0 Å². The highest BCUT2D eigenvalue weighted by Gasteiger charge is 1.99. The molecule has 1 aromatic carbocycles. The van der Waals surface area contributed by atoms with E-state index in [1.54, 1.807) is 0 Å². The maximum Gasteiger partial charge on any atom is 0.302 e. The Labute approximate surface area is 103 Å². The fourth-order valence-corrected chi connectivity index (χ4v) is 1.53. The maximum absolute atomic E-state index is 10.8. The minimum absolute atomic E-state index is 0.231. The highest BCUT2D eigenvalue weighted by Crippen LogP contribution is 2.12. The summed E-state index contributed by atoms with van der Waals surface area (Å²) >= 11 is 0. The minimum atomic E-state index is -0.231. The van der Waals surface area contributed by atoms with Gasteiger partial charge in [-0.3, -0.25) is 4.79 Å². The standard InChI is InChI=1S/C15H20O2/c1-4-13-6-8-15(9-7-13)10-14(5-2)11-17-12(3)16/h6-10H,4-5,11H2,1-3H3/b14-10+. The Balaban J connectivity index is 2.71. The van der Waals surface area contributed by atoms with Crippen LogP contribution in [0.5, 0.6) is 0 Å². The molecule has 0 saturated heterocycles. The normalized spacial score (nSPS) is 11.4. The van der Waals surface area contributed by atoms with E-state index in [4.69, 9.17) is 4.74 Å². The Morgan fingerprint density at radius 1 is 1.24 bits per heavy atom. The van der Waals surface area contributed by atoms with E-state index in [1.165, 1.54) is 12.5 Å². The molecule has 0 amide bonds. The molecule has 17 heavy (non-hydrogen) atoms. The summed E-state index contributed by atoms with van der Waals surface area (Å²) in [6, 6.07) is 8.46. The van der Waals surface area contributed by atoms with Gasteiger partial charge >= 0.3 is 5.97 Å². The third-order valence-corrected chi connectivity index (χ3v) is 2.67. The number of ether oxygens (including phenoxy) is 1. The predicted molar refractivity (Wildman–Crippen MR) is 70.7 cm³/mol. The van der Waals surface area contributed by atoms with Crippen LogP contribution in [0.2, 0.25) is 0 Å². The third kappa shape index (κ3) is 4.85. The zero-order valence-electron chi connectivity index (χ0n) is 10.8. The molecule has 0 atom stereocenters. The van der Waals surface area contributed by atoms with E-state index in [2.05, 4.69) is 44.2 Å². The molecule has 0 fully saturated rings. The van der Waals surface area contributed by atoms with E-state index in [0.717, 1.165) is 24.0 Å². The van der Waals surface area contributed by atoms with Crippen molar-refractivity contribution in [3.8, 4) is 0 Å². The van der Waals surface area contributed by atoms with Gasteiger partial charge in [-0.15, -0.1) is 0 Å². The second kappa shape index (κ2) is 6.89. The lowest BCUT2D eigenvalue weighted by Gasteiger charge is -2.05. The van der Waals surface area contributed by atoms with Crippen LogP contribution in [0.15, 0.2) is 29.8 Å². The summed E-state index contributed by atoms with van der Waals surface area (Å²) in [4.78, 5) is 10.8. The van der Waals surface area contributed by atoms with Gasteiger partial charge in [0.05, 0.1) is 0 Å². The zero-order valence-corrected chi connectivity index (χ0v) is 10.8. The van der Waals surface area contributed by atoms with Gasteiger partial charge < -0.3 is 4.74 Å². The molecule has 2 nitrogen and oxygen atoms in total. The van der Waals surface area contributed by atoms with Gasteiger partial charge in [-0.25, -0.2) is 0 Å². The molecule has 92 valence electrons. The van der Waals surface area contributed by atoms with Crippen molar-refractivity contribution in [1.29, 1.82) is 0 Å². The number of rotatable bonds is 5. The number of carbonyl (C=O) groups excluding carboxylic acids is 1. The second-order valence-corrected chi connectivity index (χ2v) is 4.03. The van der Waals surface area contributed by atoms with Crippen molar-refractivity contribution in [1.82, 2.24) is 0 Å². The van der Waals surface area contributed by atoms with Crippen molar-refractivity contribution >= 4 is 12.0 Å². The monoisotopic (exact) mass is 232 g/mol. The molecule has 0 radical (unpaired) electrons. The molecule has 0 aliphatic heterocycles. The summed E-state index contributed by atoms with van der Waals surface area (Å²) in [5.41, 5.74) is 3.62. The summed E-state index contributed by atoms with van der Waals surface area (Å²) in [5, 5.41) is 0. The fourth-order valence-electron chi connectivity index (χ4n) is 1.53. The Morgan fingerprint density at radius 2 is 1.88 bits per heavy atom. The topological polar surface area (TPSA) is 26.3 Å². The Kier molecular flexibility index (Phi) is 5.47. The van der Waals surface area contributed by atoms with Crippen LogP contribution in [-0.2, 0) is 16.0 Å². The minimum Gasteiger partial charge on any atom is -0.461 e. The molecular weight excluding hydrogens is 212 g/mol. The van der Waals surface area contributed by atoms with E-state index in [1.807, 2.05) is 0 Å². The Bertz CT molecular complexity index is 388. The van der Waals surface area contributed by atoms with E-state index in [-0.39, 0.29) is 5.97 Å². The number of hydrogen-bond acceptors (Lipinski definition) is 2. The molecule has 0 aromatic heterocycles. The Morgan fingerprint density at radius 3 is 2.35 bits per heavy atom. The molecule has 0 heterocycles. The second-order valence-electron chi connectivity index (χ2n) is 4.03. The lowest BCUT2D eigenvalue weighted by Crippen LogP contribution is -2.02. The molecule has 0 N–H and O–H groups in total. The average molecular weight is 232 g/mol. The van der Waals surface area contributed by atoms with Crippen LogP contribution in [0, 0.1) is 0 Å². The van der Waals surface area contributed by atoms with Crippen molar-refractivity contribution in [2.24, 2.45) is 0 Å².